The van der Waals surface area contributed by atoms with Gasteiger partial charge in [-0.05, 0) is 25.2 Å². The van der Waals surface area contributed by atoms with Gasteiger partial charge >= 0.3 is 6.18 Å². The van der Waals surface area contributed by atoms with Crippen LogP contribution in [-0.4, -0.2) is 41.8 Å². The number of nitrogens with zero attached hydrogens (tertiary/aromatic N) is 3. The molecule has 0 saturated heterocycles. The molecule has 2 N–H and O–H groups in total. The molecular formula is C14H21F3N4O. The number of anilines is 2. The van der Waals surface area contributed by atoms with E-state index in [0.717, 1.165) is 25.3 Å². The first kappa shape index (κ1) is 16.8. The van der Waals surface area contributed by atoms with Crippen LogP contribution in [0.5, 0.6) is 0 Å². The van der Waals surface area contributed by atoms with Crippen molar-refractivity contribution in [2.75, 3.05) is 30.9 Å². The van der Waals surface area contributed by atoms with Gasteiger partial charge in [-0.25, -0.2) is 4.98 Å². The third-order valence-electron chi connectivity index (χ3n) is 3.93. The Morgan fingerprint density at radius 1 is 1.32 bits per heavy atom. The monoisotopic (exact) mass is 318 g/mol. The number of halogens is 3. The van der Waals surface area contributed by atoms with Gasteiger partial charge in [-0.15, -0.1) is 0 Å². The Balaban J connectivity index is 2.24. The molecule has 8 heteroatoms. The first-order valence-electron chi connectivity index (χ1n) is 7.32. The summed E-state index contributed by atoms with van der Waals surface area (Å²) >= 11 is 0. The van der Waals surface area contributed by atoms with Crippen LogP contribution in [0.1, 0.15) is 31.4 Å². The number of aliphatic hydroxyl groups is 1. The average Bonchev–Trinajstić information content (AvgIpc) is 2.85. The minimum Gasteiger partial charge on any atom is -0.396 e. The Morgan fingerprint density at radius 2 is 2.05 bits per heavy atom. The molecule has 1 aliphatic carbocycles. The highest BCUT2D eigenvalue weighted by Gasteiger charge is 2.34. The zero-order valence-electron chi connectivity index (χ0n) is 12.7. The van der Waals surface area contributed by atoms with Crippen LogP contribution in [-0.2, 0) is 6.18 Å². The van der Waals surface area contributed by atoms with Gasteiger partial charge in [0.2, 0.25) is 5.95 Å². The van der Waals surface area contributed by atoms with Crippen LogP contribution in [0.4, 0.5) is 24.9 Å². The van der Waals surface area contributed by atoms with Gasteiger partial charge in [-0.1, -0.05) is 6.42 Å². The van der Waals surface area contributed by atoms with Crippen molar-refractivity contribution in [3.8, 4) is 0 Å². The second-order valence-electron chi connectivity index (χ2n) is 5.78. The van der Waals surface area contributed by atoms with Gasteiger partial charge in [0, 0.05) is 32.8 Å². The van der Waals surface area contributed by atoms with Crippen LogP contribution < -0.4 is 10.2 Å². The minimum absolute atomic E-state index is 0.00523. The van der Waals surface area contributed by atoms with Gasteiger partial charge in [0.1, 0.15) is 5.82 Å². The highest BCUT2D eigenvalue weighted by molar-refractivity contribution is 5.44. The van der Waals surface area contributed by atoms with Crippen molar-refractivity contribution < 1.29 is 18.3 Å². The number of nitrogens with one attached hydrogen (secondary N) is 1. The van der Waals surface area contributed by atoms with Crippen molar-refractivity contribution in [3.05, 3.63) is 11.8 Å². The molecule has 1 heterocycles. The number of aromatic nitrogens is 2. The summed E-state index contributed by atoms with van der Waals surface area (Å²) in [6.07, 6.45) is -1.08. The van der Waals surface area contributed by atoms with Crippen LogP contribution >= 0.6 is 0 Å². The predicted molar refractivity (Wildman–Crippen MR) is 77.8 cm³/mol. The molecular weight excluding hydrogens is 297 g/mol. The molecule has 124 valence electrons. The Hall–Kier alpha value is -1.57. The number of rotatable bonds is 5. The molecule has 0 amide bonds. The summed E-state index contributed by atoms with van der Waals surface area (Å²) in [6.45, 7) is 0.0786. The fourth-order valence-corrected chi connectivity index (χ4v) is 2.78. The first-order valence-corrected chi connectivity index (χ1v) is 7.32. The molecule has 0 bridgehead atoms. The van der Waals surface area contributed by atoms with E-state index in [4.69, 9.17) is 5.11 Å². The molecule has 0 aromatic carbocycles. The second-order valence-corrected chi connectivity index (χ2v) is 5.78. The zero-order chi connectivity index (χ0) is 16.3. The lowest BCUT2D eigenvalue weighted by molar-refractivity contribution is -0.141. The minimum atomic E-state index is -4.51. The quantitative estimate of drug-likeness (QED) is 0.873. The van der Waals surface area contributed by atoms with Crippen LogP contribution in [0.25, 0.3) is 0 Å². The van der Waals surface area contributed by atoms with Crippen LogP contribution in [0.3, 0.4) is 0 Å². The number of hydrogen-bond acceptors (Lipinski definition) is 5. The van der Waals surface area contributed by atoms with E-state index in [1.54, 1.807) is 14.1 Å². The summed E-state index contributed by atoms with van der Waals surface area (Å²) in [5, 5.41) is 12.1. The normalized spacial score (nSPS) is 21.9. The van der Waals surface area contributed by atoms with Crippen LogP contribution in [0, 0.1) is 5.92 Å². The molecule has 1 aromatic rings. The molecule has 5 nitrogen and oxygen atoms in total. The van der Waals surface area contributed by atoms with E-state index in [-0.39, 0.29) is 30.3 Å². The van der Waals surface area contributed by atoms with Crippen LogP contribution in [0.2, 0.25) is 0 Å². The molecule has 2 atom stereocenters. The maximum absolute atomic E-state index is 13.0. The SMILES string of the molecule is CN(C)c1cc(C(F)(F)F)nc(NC2CCCC2CCO)n1. The summed E-state index contributed by atoms with van der Waals surface area (Å²) in [5.74, 6) is 0.445. The van der Waals surface area contributed by atoms with E-state index >= 15 is 0 Å². The van der Waals surface area contributed by atoms with E-state index in [2.05, 4.69) is 15.3 Å². The van der Waals surface area contributed by atoms with Crippen molar-refractivity contribution in [2.45, 2.75) is 37.9 Å². The van der Waals surface area contributed by atoms with Gasteiger partial charge in [0.15, 0.2) is 5.69 Å². The van der Waals surface area contributed by atoms with E-state index in [1.807, 2.05) is 0 Å². The molecule has 0 radical (unpaired) electrons. The molecule has 0 aliphatic heterocycles. The largest absolute Gasteiger partial charge is 0.433 e. The lowest BCUT2D eigenvalue weighted by atomic mass is 10.0. The second kappa shape index (κ2) is 6.68. The van der Waals surface area contributed by atoms with Crippen molar-refractivity contribution in [3.63, 3.8) is 0 Å². The van der Waals surface area contributed by atoms with Crippen molar-refractivity contribution in [1.82, 2.24) is 9.97 Å². The lowest BCUT2D eigenvalue weighted by Gasteiger charge is -2.22. The van der Waals surface area contributed by atoms with Gasteiger partial charge in [-0.2, -0.15) is 18.2 Å². The molecule has 22 heavy (non-hydrogen) atoms. The van der Waals surface area contributed by atoms with Gasteiger partial charge in [0.05, 0.1) is 0 Å². The molecule has 1 aromatic heterocycles. The van der Waals surface area contributed by atoms with Crippen molar-refractivity contribution in [2.24, 2.45) is 5.92 Å². The molecule has 1 fully saturated rings. The third kappa shape index (κ3) is 4.00. The third-order valence-corrected chi connectivity index (χ3v) is 3.93. The van der Waals surface area contributed by atoms with E-state index in [0.29, 0.717) is 6.42 Å². The summed E-state index contributed by atoms with van der Waals surface area (Å²) in [5.41, 5.74) is -0.953. The highest BCUT2D eigenvalue weighted by Crippen LogP contribution is 2.33. The van der Waals surface area contributed by atoms with E-state index in [9.17, 15) is 13.2 Å². The fraction of sp³-hybridized carbons (Fsp3) is 0.714. The molecule has 1 aliphatic rings. The summed E-state index contributed by atoms with van der Waals surface area (Å²) < 4.78 is 38.9. The molecule has 0 spiro atoms. The smallest absolute Gasteiger partial charge is 0.396 e. The first-order chi connectivity index (χ1) is 10.3. The summed E-state index contributed by atoms with van der Waals surface area (Å²) in [7, 11) is 3.27. The van der Waals surface area contributed by atoms with Gasteiger partial charge in [0.25, 0.3) is 0 Å². The number of aliphatic hydroxyl groups excluding tert-OH is 1. The molecule has 2 unspecified atom stereocenters. The van der Waals surface area contributed by atoms with Gasteiger partial charge < -0.3 is 15.3 Å². The zero-order valence-corrected chi connectivity index (χ0v) is 12.7. The Kier molecular flexibility index (Phi) is 5.10. The highest BCUT2D eigenvalue weighted by atomic mass is 19.4. The maximum atomic E-state index is 13.0. The Morgan fingerprint density at radius 3 is 2.64 bits per heavy atom. The van der Waals surface area contributed by atoms with Crippen molar-refractivity contribution in [1.29, 1.82) is 0 Å². The average molecular weight is 318 g/mol. The van der Waals surface area contributed by atoms with E-state index < -0.39 is 11.9 Å². The van der Waals surface area contributed by atoms with Crippen LogP contribution in [0.15, 0.2) is 6.07 Å². The molecule has 1 saturated carbocycles. The fourth-order valence-electron chi connectivity index (χ4n) is 2.78. The summed E-state index contributed by atoms with van der Waals surface area (Å²) in [6, 6.07) is 0.941. The van der Waals surface area contributed by atoms with Crippen molar-refractivity contribution >= 4 is 11.8 Å². The number of hydrogen-bond donors (Lipinski definition) is 2. The molecule has 2 rings (SSSR count). The Labute approximate surface area is 127 Å². The topological polar surface area (TPSA) is 61.3 Å². The lowest BCUT2D eigenvalue weighted by Crippen LogP contribution is -2.27. The number of alkyl halides is 3. The Bertz CT molecular complexity index is 507. The van der Waals surface area contributed by atoms with E-state index in [1.165, 1.54) is 4.90 Å². The predicted octanol–water partition coefficient (Wildman–Crippen LogP) is 2.52. The maximum Gasteiger partial charge on any atom is 0.433 e. The summed E-state index contributed by atoms with van der Waals surface area (Å²) in [4.78, 5) is 9.27. The standard InChI is InChI=1S/C14H21F3N4O/c1-21(2)12-8-11(14(15,16)17)19-13(20-12)18-10-5-3-4-9(10)6-7-22/h8-10,22H,3-7H2,1-2H3,(H,18,19,20). The van der Waals surface area contributed by atoms with Gasteiger partial charge in [-0.3, -0.25) is 0 Å².